The molecule has 7 heteroatoms. The van der Waals surface area contributed by atoms with Crippen molar-refractivity contribution in [3.63, 3.8) is 0 Å². The van der Waals surface area contributed by atoms with Gasteiger partial charge in [-0.05, 0) is 143 Å². The van der Waals surface area contributed by atoms with Gasteiger partial charge in [0.15, 0.2) is 5.78 Å². The minimum Gasteiger partial charge on any atom is -0.481 e. The average molecular weight is 745 g/mol. The van der Waals surface area contributed by atoms with E-state index in [1.807, 2.05) is 0 Å². The highest BCUT2D eigenvalue weighted by atomic mass is 16.5. The second kappa shape index (κ2) is 14.5. The van der Waals surface area contributed by atoms with Crippen molar-refractivity contribution < 1.29 is 24.2 Å². The molecule has 5 aliphatic rings. The number of hydrogen-bond acceptors (Lipinski definition) is 6. The summed E-state index contributed by atoms with van der Waals surface area (Å²) in [6.07, 6.45) is 10.0. The number of ketones is 1. The third-order valence-corrected chi connectivity index (χ3v) is 16.7. The van der Waals surface area contributed by atoms with Gasteiger partial charge in [-0.2, -0.15) is 0 Å². The van der Waals surface area contributed by atoms with Gasteiger partial charge in [0.2, 0.25) is 0 Å². The second-order valence-electron chi connectivity index (χ2n) is 21.1. The van der Waals surface area contributed by atoms with Gasteiger partial charge in [0.05, 0.1) is 11.8 Å². The molecule has 2 N–H and O–H groups in total. The number of aliphatic carboxylic acids is 1. The Hall–Kier alpha value is -2.51. The molecule has 0 aliphatic heterocycles. The van der Waals surface area contributed by atoms with Gasteiger partial charge in [-0.1, -0.05) is 84.4 Å². The van der Waals surface area contributed by atoms with Crippen molar-refractivity contribution in [2.45, 2.75) is 145 Å². The van der Waals surface area contributed by atoms with E-state index in [-0.39, 0.29) is 51.6 Å². The summed E-state index contributed by atoms with van der Waals surface area (Å²) in [6.45, 7) is 21.9. The predicted octanol–water partition coefficient (Wildman–Crippen LogP) is 9.66. The second-order valence-corrected chi connectivity index (χ2v) is 21.1. The van der Waals surface area contributed by atoms with Gasteiger partial charge in [-0.15, -0.1) is 0 Å². The Labute approximate surface area is 326 Å². The van der Waals surface area contributed by atoms with Crippen molar-refractivity contribution in [2.75, 3.05) is 27.2 Å². The van der Waals surface area contributed by atoms with Crippen LogP contribution in [0.5, 0.6) is 0 Å². The van der Waals surface area contributed by atoms with Crippen LogP contribution in [0.4, 0.5) is 0 Å². The molecule has 4 fully saturated rings. The first-order chi connectivity index (χ1) is 25.1. The molecule has 6 rings (SSSR count). The molecule has 0 spiro atoms. The fourth-order valence-electron chi connectivity index (χ4n) is 13.7. The maximum absolute atomic E-state index is 14.2. The SMILES string of the molecule is CC(C)C1=C2[C@H]3CC[C@@H]4[C@@]5(C)CCC(OC(=O)CC(C)(C)C(=O)O)C(C)(C)[C@@H]5CC[C@@]4(C)[C@]3(C)CCC2(CCN[C@H](CN(C)C)c2ccccc2)CC1=O. The van der Waals surface area contributed by atoms with Crippen LogP contribution in [0, 0.1) is 56.2 Å². The number of carbonyl (C=O) groups excluding carboxylic acids is 2. The molecule has 300 valence electrons. The third-order valence-electron chi connectivity index (χ3n) is 16.7. The standard InChI is InChI=1S/C47H72N2O5/c1-30(2)39-34(50)27-47(25-26-48-33(29-49(10)11)31-15-13-12-14-16-31)24-23-45(8)32(40(39)47)17-18-36-44(7)21-20-37(54-38(51)28-42(3,4)41(52)53)43(5,6)35(44)19-22-46(36,45)9/h12-16,30,32-33,35-37,48H,17-29H2,1-11H3,(H,52,53)/t32-,33-,35+,36-,37?,44+,45-,46-,47?/m1/s1. The molecule has 2 unspecified atom stereocenters. The summed E-state index contributed by atoms with van der Waals surface area (Å²) in [4.78, 5) is 41.3. The van der Waals surface area contributed by atoms with Crippen LogP contribution < -0.4 is 5.32 Å². The molecule has 0 heterocycles. The fraction of sp³-hybridized carbons (Fsp3) is 0.766. The van der Waals surface area contributed by atoms with Crippen molar-refractivity contribution >= 4 is 17.7 Å². The van der Waals surface area contributed by atoms with Crippen LogP contribution in [0.2, 0.25) is 0 Å². The summed E-state index contributed by atoms with van der Waals surface area (Å²) >= 11 is 0. The summed E-state index contributed by atoms with van der Waals surface area (Å²) < 4.78 is 6.20. The number of allylic oxidation sites excluding steroid dienone is 2. The maximum Gasteiger partial charge on any atom is 0.309 e. The predicted molar refractivity (Wildman–Crippen MR) is 216 cm³/mol. The van der Waals surface area contributed by atoms with E-state index in [0.717, 1.165) is 70.0 Å². The number of nitrogens with zero attached hydrogens (tertiary/aromatic N) is 1. The molecule has 0 amide bonds. The van der Waals surface area contributed by atoms with Gasteiger partial charge in [0, 0.05) is 29.8 Å². The number of esters is 1. The molecular formula is C47H72N2O5. The average Bonchev–Trinajstić information content (AvgIpc) is 3.38. The van der Waals surface area contributed by atoms with Crippen LogP contribution in [0.15, 0.2) is 41.5 Å². The third kappa shape index (κ3) is 6.73. The van der Waals surface area contributed by atoms with E-state index in [1.165, 1.54) is 12.0 Å². The van der Waals surface area contributed by atoms with Gasteiger partial charge in [0.1, 0.15) is 6.10 Å². The smallest absolute Gasteiger partial charge is 0.309 e. The summed E-state index contributed by atoms with van der Waals surface area (Å²) in [7, 11) is 4.28. The molecule has 7 nitrogen and oxygen atoms in total. The monoisotopic (exact) mass is 745 g/mol. The van der Waals surface area contributed by atoms with Crippen molar-refractivity contribution in [3.05, 3.63) is 47.0 Å². The first-order valence-electron chi connectivity index (χ1n) is 21.3. The number of carboxylic acid groups (broad SMARTS) is 1. The minimum atomic E-state index is -1.15. The largest absolute Gasteiger partial charge is 0.481 e. The zero-order chi connectivity index (χ0) is 39.6. The van der Waals surface area contributed by atoms with Crippen LogP contribution in [-0.4, -0.2) is 61.0 Å². The number of ether oxygens (including phenoxy) is 1. The molecule has 4 saturated carbocycles. The number of hydrogen-bond donors (Lipinski definition) is 2. The first kappa shape index (κ1) is 41.1. The van der Waals surface area contributed by atoms with E-state index in [2.05, 4.69) is 103 Å². The lowest BCUT2D eigenvalue weighted by molar-refractivity contribution is -0.233. The van der Waals surface area contributed by atoms with Crippen molar-refractivity contribution in [1.82, 2.24) is 10.2 Å². The van der Waals surface area contributed by atoms with Crippen molar-refractivity contribution in [1.29, 1.82) is 0 Å². The highest BCUT2D eigenvalue weighted by Gasteiger charge is 2.70. The molecule has 5 aliphatic carbocycles. The molecule has 0 bridgehead atoms. The number of fused-ring (bicyclic) bond motifs is 7. The normalized spacial score (nSPS) is 36.6. The number of Topliss-reactive ketones (excluding diaryl/α,β-unsaturated/α-hetero) is 1. The molecule has 0 saturated heterocycles. The van der Waals surface area contributed by atoms with E-state index in [9.17, 15) is 19.5 Å². The van der Waals surface area contributed by atoms with E-state index < -0.39 is 17.4 Å². The number of carboxylic acids is 1. The van der Waals surface area contributed by atoms with Crippen molar-refractivity contribution in [2.24, 2.45) is 56.2 Å². The van der Waals surface area contributed by atoms with Crippen LogP contribution in [0.3, 0.4) is 0 Å². The zero-order valence-electron chi connectivity index (χ0n) is 35.6. The summed E-state index contributed by atoms with van der Waals surface area (Å²) in [5.74, 6) is 0.652. The Morgan fingerprint density at radius 2 is 1.61 bits per heavy atom. The van der Waals surface area contributed by atoms with Crippen LogP contribution in [0.1, 0.15) is 145 Å². The topological polar surface area (TPSA) is 95.9 Å². The van der Waals surface area contributed by atoms with Gasteiger partial charge in [-0.3, -0.25) is 14.4 Å². The zero-order valence-corrected chi connectivity index (χ0v) is 35.6. The van der Waals surface area contributed by atoms with E-state index in [1.54, 1.807) is 19.4 Å². The molecule has 1 aromatic rings. The number of carbonyl (C=O) groups is 3. The van der Waals surface area contributed by atoms with E-state index in [0.29, 0.717) is 30.0 Å². The van der Waals surface area contributed by atoms with Crippen LogP contribution >= 0.6 is 0 Å². The summed E-state index contributed by atoms with van der Waals surface area (Å²) in [5, 5.41) is 13.6. The van der Waals surface area contributed by atoms with Gasteiger partial charge in [-0.25, -0.2) is 0 Å². The number of nitrogens with one attached hydrogen (secondary N) is 1. The number of benzene rings is 1. The summed E-state index contributed by atoms with van der Waals surface area (Å²) in [6, 6.07) is 11.0. The molecular weight excluding hydrogens is 673 g/mol. The lowest BCUT2D eigenvalue weighted by Gasteiger charge is -2.72. The molecule has 0 aromatic heterocycles. The highest BCUT2D eigenvalue weighted by molar-refractivity contribution is 6.00. The van der Waals surface area contributed by atoms with Gasteiger partial charge in [0.25, 0.3) is 0 Å². The Morgan fingerprint density at radius 3 is 2.24 bits per heavy atom. The maximum atomic E-state index is 14.2. The Bertz CT molecular complexity index is 1630. The molecule has 0 radical (unpaired) electrons. The lowest BCUT2D eigenvalue weighted by atomic mass is 9.33. The number of likely N-dealkylation sites (N-methyl/N-ethyl adjacent to an activating group) is 1. The molecule has 54 heavy (non-hydrogen) atoms. The van der Waals surface area contributed by atoms with E-state index >= 15 is 0 Å². The minimum absolute atomic E-state index is 0.0589. The quantitative estimate of drug-likeness (QED) is 0.206. The van der Waals surface area contributed by atoms with E-state index in [4.69, 9.17) is 4.74 Å². The fourth-order valence-corrected chi connectivity index (χ4v) is 13.7. The Kier molecular flexibility index (Phi) is 11.0. The first-order valence-corrected chi connectivity index (χ1v) is 21.3. The van der Waals surface area contributed by atoms with Gasteiger partial charge < -0.3 is 20.1 Å². The molecule has 1 aromatic carbocycles. The summed E-state index contributed by atoms with van der Waals surface area (Å²) in [5.41, 5.74) is 2.97. The van der Waals surface area contributed by atoms with Crippen LogP contribution in [0.25, 0.3) is 0 Å². The molecule has 9 atom stereocenters. The number of rotatable bonds is 12. The van der Waals surface area contributed by atoms with Gasteiger partial charge >= 0.3 is 11.9 Å². The lowest BCUT2D eigenvalue weighted by Crippen LogP contribution is -2.65. The van der Waals surface area contributed by atoms with Crippen molar-refractivity contribution in [3.8, 4) is 0 Å². The Morgan fingerprint density at radius 1 is 0.926 bits per heavy atom. The Balaban J connectivity index is 1.25. The van der Waals surface area contributed by atoms with Crippen LogP contribution in [-0.2, 0) is 19.1 Å². The highest BCUT2D eigenvalue weighted by Crippen LogP contribution is 2.77.